The average Bonchev–Trinajstić information content (AvgIpc) is 2.70. The minimum atomic E-state index is -0.419. The number of amides is 1. The van der Waals surface area contributed by atoms with E-state index in [1.54, 1.807) is 24.3 Å². The zero-order valence-electron chi connectivity index (χ0n) is 15.3. The van der Waals surface area contributed by atoms with E-state index in [1.807, 2.05) is 4.90 Å². The zero-order valence-corrected chi connectivity index (χ0v) is 15.3. The van der Waals surface area contributed by atoms with Crippen molar-refractivity contribution >= 4 is 5.91 Å². The Kier molecular flexibility index (Phi) is 4.87. The second-order valence-electron chi connectivity index (χ2n) is 7.68. The number of piperidine rings is 1. The highest BCUT2D eigenvalue weighted by Gasteiger charge is 2.38. The molecule has 0 saturated carbocycles. The van der Waals surface area contributed by atoms with E-state index in [9.17, 15) is 14.3 Å². The van der Waals surface area contributed by atoms with Gasteiger partial charge in [-0.3, -0.25) is 4.79 Å². The monoisotopic (exact) mass is 369 g/mol. The first kappa shape index (κ1) is 18.0. The van der Waals surface area contributed by atoms with E-state index in [4.69, 9.17) is 4.74 Å². The Balaban J connectivity index is 1.58. The summed E-state index contributed by atoms with van der Waals surface area (Å²) in [5.41, 5.74) is 1.78. The van der Waals surface area contributed by atoms with Crippen LogP contribution in [0.5, 0.6) is 5.75 Å². The maximum atomic E-state index is 13.6. The Bertz CT molecular complexity index is 840. The number of nitrogens with zero attached hydrogens (tertiary/aromatic N) is 1. The van der Waals surface area contributed by atoms with Crippen molar-refractivity contribution in [2.24, 2.45) is 5.41 Å². The molecule has 27 heavy (non-hydrogen) atoms. The average molecular weight is 369 g/mol. The van der Waals surface area contributed by atoms with Crippen LogP contribution in [0.2, 0.25) is 0 Å². The van der Waals surface area contributed by atoms with Gasteiger partial charge < -0.3 is 14.7 Å². The molecule has 142 valence electrons. The number of carbonyl (C=O) groups is 1. The van der Waals surface area contributed by atoms with Gasteiger partial charge >= 0.3 is 0 Å². The first-order valence-electron chi connectivity index (χ1n) is 9.52. The predicted octanol–water partition coefficient (Wildman–Crippen LogP) is 4.23. The highest BCUT2D eigenvalue weighted by molar-refractivity contribution is 5.95. The molecule has 1 amide bonds. The summed E-state index contributed by atoms with van der Waals surface area (Å²) in [6.07, 6.45) is 4.18. The Labute approximate surface area is 158 Å². The fourth-order valence-corrected chi connectivity index (χ4v) is 4.34. The van der Waals surface area contributed by atoms with E-state index in [0.29, 0.717) is 16.7 Å². The van der Waals surface area contributed by atoms with Gasteiger partial charge in [-0.25, -0.2) is 4.39 Å². The van der Waals surface area contributed by atoms with Crippen LogP contribution in [-0.2, 0) is 4.74 Å². The van der Waals surface area contributed by atoms with Crippen molar-refractivity contribution in [2.75, 3.05) is 26.3 Å². The predicted molar refractivity (Wildman–Crippen MR) is 101 cm³/mol. The van der Waals surface area contributed by atoms with Gasteiger partial charge in [-0.05, 0) is 67.0 Å². The molecule has 2 aromatic rings. The molecule has 1 N–H and O–H groups in total. The Morgan fingerprint density at radius 2 is 1.93 bits per heavy atom. The number of phenolic OH excluding ortho intramolecular Hbond substituents is 1. The first-order valence-corrected chi connectivity index (χ1v) is 9.52. The van der Waals surface area contributed by atoms with Crippen LogP contribution in [0.3, 0.4) is 0 Å². The maximum absolute atomic E-state index is 13.6. The van der Waals surface area contributed by atoms with Crippen LogP contribution >= 0.6 is 0 Å². The van der Waals surface area contributed by atoms with Crippen molar-refractivity contribution in [1.82, 2.24) is 4.90 Å². The fraction of sp³-hybridized carbons (Fsp3) is 0.409. The molecule has 1 spiro atoms. The van der Waals surface area contributed by atoms with Gasteiger partial charge in [0.2, 0.25) is 0 Å². The van der Waals surface area contributed by atoms with Gasteiger partial charge in [0, 0.05) is 37.4 Å². The topological polar surface area (TPSA) is 49.8 Å². The van der Waals surface area contributed by atoms with Crippen molar-refractivity contribution in [1.29, 1.82) is 0 Å². The van der Waals surface area contributed by atoms with E-state index in [1.165, 1.54) is 18.2 Å². The molecule has 0 unspecified atom stereocenters. The molecule has 5 heteroatoms. The van der Waals surface area contributed by atoms with Gasteiger partial charge in [-0.15, -0.1) is 0 Å². The van der Waals surface area contributed by atoms with Crippen molar-refractivity contribution in [3.8, 4) is 16.9 Å². The first-order chi connectivity index (χ1) is 13.1. The third-order valence-corrected chi connectivity index (χ3v) is 5.88. The third-order valence-electron chi connectivity index (χ3n) is 5.88. The van der Waals surface area contributed by atoms with Crippen molar-refractivity contribution in [2.45, 2.75) is 25.7 Å². The van der Waals surface area contributed by atoms with Crippen molar-refractivity contribution in [3.63, 3.8) is 0 Å². The highest BCUT2D eigenvalue weighted by atomic mass is 19.1. The summed E-state index contributed by atoms with van der Waals surface area (Å²) in [5, 5.41) is 10.1. The van der Waals surface area contributed by atoms with Gasteiger partial charge in [-0.2, -0.15) is 0 Å². The smallest absolute Gasteiger partial charge is 0.253 e. The summed E-state index contributed by atoms with van der Waals surface area (Å²) < 4.78 is 19.1. The molecule has 0 aromatic heterocycles. The second-order valence-corrected chi connectivity index (χ2v) is 7.68. The SMILES string of the molecule is O=C(c1cccc(-c2cc(F)ccc2O)c1)N1CCCC2(CCOCC2)C1. The van der Waals surface area contributed by atoms with Crippen LogP contribution < -0.4 is 0 Å². The molecule has 2 aromatic carbocycles. The lowest BCUT2D eigenvalue weighted by molar-refractivity contribution is -0.0229. The zero-order chi connectivity index (χ0) is 18.9. The highest BCUT2D eigenvalue weighted by Crippen LogP contribution is 2.39. The lowest BCUT2D eigenvalue weighted by Crippen LogP contribution is -2.48. The number of phenols is 1. The number of aromatic hydroxyl groups is 1. The minimum absolute atomic E-state index is 0.000120. The number of hydrogen-bond acceptors (Lipinski definition) is 3. The summed E-state index contributed by atoms with van der Waals surface area (Å²) >= 11 is 0. The summed E-state index contributed by atoms with van der Waals surface area (Å²) in [4.78, 5) is 15.1. The van der Waals surface area contributed by atoms with Crippen LogP contribution in [-0.4, -0.2) is 42.2 Å². The molecule has 4 rings (SSSR count). The number of halogens is 1. The molecule has 0 radical (unpaired) electrons. The van der Waals surface area contributed by atoms with Gasteiger partial charge in [0.1, 0.15) is 11.6 Å². The van der Waals surface area contributed by atoms with Gasteiger partial charge in [0.05, 0.1) is 0 Å². The van der Waals surface area contributed by atoms with Crippen LogP contribution in [0.15, 0.2) is 42.5 Å². The van der Waals surface area contributed by atoms with Gasteiger partial charge in [-0.1, -0.05) is 12.1 Å². The van der Waals surface area contributed by atoms with Crippen LogP contribution in [0.25, 0.3) is 11.1 Å². The van der Waals surface area contributed by atoms with Gasteiger partial charge in [0.15, 0.2) is 0 Å². The molecule has 0 atom stereocenters. The van der Waals surface area contributed by atoms with Gasteiger partial charge in [0.25, 0.3) is 5.91 Å². The number of carbonyl (C=O) groups excluding carboxylic acids is 1. The molecule has 2 fully saturated rings. The molecule has 4 nitrogen and oxygen atoms in total. The number of likely N-dealkylation sites (tertiary alicyclic amines) is 1. The molecule has 0 aliphatic carbocycles. The molecule has 2 heterocycles. The van der Waals surface area contributed by atoms with Crippen molar-refractivity contribution < 1.29 is 19.0 Å². The standard InChI is InChI=1S/C22H24FNO3/c23-18-5-6-20(25)19(14-18)16-3-1-4-17(13-16)21(26)24-10-2-7-22(15-24)8-11-27-12-9-22/h1,3-6,13-14,25H,2,7-12,15H2. The lowest BCUT2D eigenvalue weighted by Gasteiger charge is -2.45. The van der Waals surface area contributed by atoms with E-state index in [2.05, 4.69) is 0 Å². The molecule has 2 aliphatic rings. The Morgan fingerprint density at radius 1 is 1.11 bits per heavy atom. The largest absolute Gasteiger partial charge is 0.507 e. The van der Waals surface area contributed by atoms with E-state index >= 15 is 0 Å². The summed E-state index contributed by atoms with van der Waals surface area (Å²) in [7, 11) is 0. The number of rotatable bonds is 2. The normalized spacial score (nSPS) is 19.2. The number of hydrogen-bond donors (Lipinski definition) is 1. The molecule has 0 bridgehead atoms. The summed E-state index contributed by atoms with van der Waals surface area (Å²) in [5.74, 6) is -0.421. The lowest BCUT2D eigenvalue weighted by atomic mass is 9.74. The summed E-state index contributed by atoms with van der Waals surface area (Å²) in [6.45, 7) is 3.08. The maximum Gasteiger partial charge on any atom is 0.253 e. The van der Waals surface area contributed by atoms with E-state index in [-0.39, 0.29) is 17.1 Å². The quantitative estimate of drug-likeness (QED) is 0.862. The molecular weight excluding hydrogens is 345 g/mol. The van der Waals surface area contributed by atoms with Crippen molar-refractivity contribution in [3.05, 3.63) is 53.8 Å². The molecule has 2 aliphatic heterocycles. The van der Waals surface area contributed by atoms with Crippen LogP contribution in [0.4, 0.5) is 4.39 Å². The van der Waals surface area contributed by atoms with E-state index in [0.717, 1.165) is 52.0 Å². The minimum Gasteiger partial charge on any atom is -0.507 e. The Morgan fingerprint density at radius 3 is 2.74 bits per heavy atom. The fourth-order valence-electron chi connectivity index (χ4n) is 4.34. The molecule has 2 saturated heterocycles. The van der Waals surface area contributed by atoms with E-state index < -0.39 is 5.82 Å². The van der Waals surface area contributed by atoms with Crippen LogP contribution in [0.1, 0.15) is 36.0 Å². The Hall–Kier alpha value is -2.40. The summed E-state index contributed by atoms with van der Waals surface area (Å²) in [6, 6.07) is 10.9. The third kappa shape index (κ3) is 3.69. The second kappa shape index (κ2) is 7.31. The number of ether oxygens (including phenoxy) is 1. The number of benzene rings is 2. The van der Waals surface area contributed by atoms with Crippen LogP contribution in [0, 0.1) is 11.2 Å². The molecular formula is C22H24FNO3.